The highest BCUT2D eigenvalue weighted by Gasteiger charge is 2.37. The van der Waals surface area contributed by atoms with E-state index >= 15 is 0 Å². The van der Waals surface area contributed by atoms with Gasteiger partial charge in [0.25, 0.3) is 11.9 Å². The molecule has 3 aliphatic heterocycles. The van der Waals surface area contributed by atoms with Gasteiger partial charge in [-0.3, -0.25) is 14.5 Å². The zero-order valence-electron chi connectivity index (χ0n) is 23.9. The second-order valence-corrected chi connectivity index (χ2v) is 16.5. The number of aryl methyl sites for hydroxylation is 1. The Bertz CT molecular complexity index is 1310. The van der Waals surface area contributed by atoms with Crippen LogP contribution < -0.4 is 29.6 Å². The van der Waals surface area contributed by atoms with E-state index in [1.807, 2.05) is 19.1 Å². The first-order valence-corrected chi connectivity index (χ1v) is 17.1. The van der Waals surface area contributed by atoms with Gasteiger partial charge in [-0.2, -0.15) is 9.97 Å². The molecule has 4 heterocycles. The Morgan fingerprint density at radius 2 is 1.80 bits per heavy atom. The summed E-state index contributed by atoms with van der Waals surface area (Å²) in [6.45, 7) is 12.5. The van der Waals surface area contributed by atoms with Crippen LogP contribution in [-0.4, -0.2) is 87.2 Å². The van der Waals surface area contributed by atoms with Crippen molar-refractivity contribution < 1.29 is 28.5 Å². The maximum Gasteiger partial charge on any atom is 0.289 e. The fourth-order valence-electron chi connectivity index (χ4n) is 4.99. The SMILES string of the molecule is COc1nc(N2CCC(N3CCC3)C2)nc(OC)c1NC(=O)C1OC(Oc2cc([Si](C)(C)C)ccc2C)=CC1=O. The minimum atomic E-state index is -1.58. The fourth-order valence-corrected chi connectivity index (χ4v) is 6.14. The third-order valence-corrected chi connectivity index (χ3v) is 9.62. The molecule has 0 radical (unpaired) electrons. The van der Waals surface area contributed by atoms with Gasteiger partial charge < -0.3 is 29.2 Å². The Hall–Kier alpha value is -3.64. The van der Waals surface area contributed by atoms with Crippen molar-refractivity contribution in [2.45, 2.75) is 51.6 Å². The van der Waals surface area contributed by atoms with Gasteiger partial charge in [-0.25, -0.2) is 0 Å². The first-order chi connectivity index (χ1) is 19.1. The molecule has 0 aliphatic carbocycles. The second kappa shape index (κ2) is 11.1. The minimum Gasteiger partial charge on any atom is -0.479 e. The number of carbonyl (C=O) groups excluding carboxylic acids is 2. The molecule has 3 aliphatic rings. The van der Waals surface area contributed by atoms with Crippen LogP contribution in [0.3, 0.4) is 0 Å². The third kappa shape index (κ3) is 5.64. The number of benzene rings is 1. The summed E-state index contributed by atoms with van der Waals surface area (Å²) in [5.41, 5.74) is 1.02. The van der Waals surface area contributed by atoms with E-state index < -0.39 is 25.9 Å². The Labute approximate surface area is 235 Å². The molecule has 214 valence electrons. The summed E-state index contributed by atoms with van der Waals surface area (Å²) in [6.07, 6.45) is 2.04. The normalized spacial score (nSPS) is 21.0. The largest absolute Gasteiger partial charge is 0.479 e. The van der Waals surface area contributed by atoms with Crippen molar-refractivity contribution in [1.29, 1.82) is 0 Å². The highest BCUT2D eigenvalue weighted by molar-refractivity contribution is 6.88. The van der Waals surface area contributed by atoms with Gasteiger partial charge in [-0.05, 0) is 44.5 Å². The van der Waals surface area contributed by atoms with Crippen LogP contribution in [0.1, 0.15) is 18.4 Å². The maximum atomic E-state index is 13.2. The number of methoxy groups -OCH3 is 2. The van der Waals surface area contributed by atoms with Gasteiger partial charge in [0.1, 0.15) is 5.75 Å². The maximum absolute atomic E-state index is 13.2. The molecule has 1 aromatic carbocycles. The summed E-state index contributed by atoms with van der Waals surface area (Å²) in [5, 5.41) is 3.88. The number of rotatable bonds is 9. The molecule has 2 fully saturated rings. The number of anilines is 2. The lowest BCUT2D eigenvalue weighted by Gasteiger charge is -2.36. The Morgan fingerprint density at radius 3 is 2.40 bits per heavy atom. The van der Waals surface area contributed by atoms with Crippen molar-refractivity contribution >= 4 is 36.6 Å². The molecular weight excluding hydrogens is 530 g/mol. The number of hydrogen-bond donors (Lipinski definition) is 1. The summed E-state index contributed by atoms with van der Waals surface area (Å²) in [7, 11) is 1.33. The van der Waals surface area contributed by atoms with Crippen LogP contribution >= 0.6 is 0 Å². The lowest BCUT2D eigenvalue weighted by molar-refractivity contribution is -0.134. The molecule has 0 bridgehead atoms. The number of amides is 1. The van der Waals surface area contributed by atoms with E-state index in [4.69, 9.17) is 18.9 Å². The zero-order chi connectivity index (χ0) is 28.6. The molecule has 1 amide bonds. The summed E-state index contributed by atoms with van der Waals surface area (Å²) in [4.78, 5) is 39.6. The molecule has 5 rings (SSSR count). The van der Waals surface area contributed by atoms with Crippen LogP contribution in [0.15, 0.2) is 30.2 Å². The monoisotopic (exact) mass is 567 g/mol. The predicted molar refractivity (Wildman–Crippen MR) is 153 cm³/mol. The Balaban J connectivity index is 1.28. The van der Waals surface area contributed by atoms with Gasteiger partial charge in [-0.15, -0.1) is 0 Å². The summed E-state index contributed by atoms with van der Waals surface area (Å²) in [5.74, 6) is 0.0575. The number of aromatic nitrogens is 2. The summed E-state index contributed by atoms with van der Waals surface area (Å²) in [6, 6.07) is 6.54. The van der Waals surface area contributed by atoms with Crippen molar-refractivity contribution in [3.63, 3.8) is 0 Å². The van der Waals surface area contributed by atoms with E-state index in [0.717, 1.165) is 38.2 Å². The molecule has 0 saturated carbocycles. The van der Waals surface area contributed by atoms with Crippen molar-refractivity contribution in [1.82, 2.24) is 14.9 Å². The molecule has 12 heteroatoms. The zero-order valence-corrected chi connectivity index (χ0v) is 24.9. The summed E-state index contributed by atoms with van der Waals surface area (Å²) < 4.78 is 22.6. The van der Waals surface area contributed by atoms with Gasteiger partial charge in [0, 0.05) is 19.1 Å². The first kappa shape index (κ1) is 27.9. The predicted octanol–water partition coefficient (Wildman–Crippen LogP) is 2.46. The van der Waals surface area contributed by atoms with Crippen LogP contribution in [0, 0.1) is 6.92 Å². The standard InChI is InChI=1S/C28H37N5O6Si/c1-17-8-9-19(40(4,5)6)14-21(17)38-22-15-20(34)24(39-22)25(35)29-23-26(36-2)30-28(31-27(23)37-3)33-13-10-18(16-33)32-11-7-12-32/h8-9,14-15,18,24H,7,10-13,16H2,1-6H3,(H,29,35). The number of nitrogens with one attached hydrogen (secondary N) is 1. The molecule has 1 N–H and O–H groups in total. The molecule has 40 heavy (non-hydrogen) atoms. The molecule has 11 nitrogen and oxygen atoms in total. The lowest BCUT2D eigenvalue weighted by atomic mass is 10.1. The van der Waals surface area contributed by atoms with Crippen LogP contribution in [0.4, 0.5) is 11.6 Å². The van der Waals surface area contributed by atoms with Crippen LogP contribution in [0.25, 0.3) is 0 Å². The topological polar surface area (TPSA) is 115 Å². The van der Waals surface area contributed by atoms with Gasteiger partial charge in [0.05, 0.1) is 28.4 Å². The van der Waals surface area contributed by atoms with Gasteiger partial charge in [-0.1, -0.05) is 37.0 Å². The minimum absolute atomic E-state index is 0.0303. The van der Waals surface area contributed by atoms with E-state index in [1.54, 1.807) is 0 Å². The van der Waals surface area contributed by atoms with Crippen molar-refractivity contribution in [3.8, 4) is 17.5 Å². The van der Waals surface area contributed by atoms with Crippen molar-refractivity contribution in [2.24, 2.45) is 0 Å². The van der Waals surface area contributed by atoms with E-state index in [1.165, 1.54) is 31.9 Å². The molecule has 2 aromatic rings. The molecule has 2 unspecified atom stereocenters. The highest BCUT2D eigenvalue weighted by Crippen LogP contribution is 2.35. The number of ketones is 1. The smallest absolute Gasteiger partial charge is 0.289 e. The lowest BCUT2D eigenvalue weighted by Crippen LogP contribution is -2.46. The summed E-state index contributed by atoms with van der Waals surface area (Å²) >= 11 is 0. The van der Waals surface area contributed by atoms with Crippen LogP contribution in [0.2, 0.25) is 19.6 Å². The van der Waals surface area contributed by atoms with Crippen LogP contribution in [0.5, 0.6) is 17.5 Å². The highest BCUT2D eigenvalue weighted by atomic mass is 28.3. The number of ether oxygens (including phenoxy) is 4. The molecular formula is C28H37N5O6Si. The van der Waals surface area contributed by atoms with E-state index in [9.17, 15) is 9.59 Å². The van der Waals surface area contributed by atoms with E-state index in [-0.39, 0.29) is 23.4 Å². The molecule has 2 saturated heterocycles. The molecule has 0 spiro atoms. The quantitative estimate of drug-likeness (QED) is 0.358. The van der Waals surface area contributed by atoms with Crippen molar-refractivity contribution in [2.75, 3.05) is 50.6 Å². The fraction of sp³-hybridized carbons (Fsp3) is 0.500. The average molecular weight is 568 g/mol. The van der Waals surface area contributed by atoms with Gasteiger partial charge in [0.2, 0.25) is 29.6 Å². The van der Waals surface area contributed by atoms with Gasteiger partial charge in [0.15, 0.2) is 5.69 Å². The second-order valence-electron chi connectivity index (χ2n) is 11.4. The van der Waals surface area contributed by atoms with Crippen LogP contribution in [-0.2, 0) is 14.3 Å². The number of nitrogens with zero attached hydrogens (tertiary/aromatic N) is 4. The Kier molecular flexibility index (Phi) is 7.73. The first-order valence-electron chi connectivity index (χ1n) is 13.6. The van der Waals surface area contributed by atoms with E-state index in [0.29, 0.717) is 17.7 Å². The Morgan fingerprint density at radius 1 is 1.10 bits per heavy atom. The van der Waals surface area contributed by atoms with E-state index in [2.05, 4.69) is 50.8 Å². The van der Waals surface area contributed by atoms with Gasteiger partial charge >= 0.3 is 0 Å². The number of carbonyl (C=O) groups is 2. The third-order valence-electron chi connectivity index (χ3n) is 7.57. The number of hydrogen-bond acceptors (Lipinski definition) is 10. The molecule has 2 atom stereocenters. The molecule has 1 aromatic heterocycles. The van der Waals surface area contributed by atoms with Crippen molar-refractivity contribution in [3.05, 3.63) is 35.8 Å². The average Bonchev–Trinajstić information content (AvgIpc) is 3.50. The number of likely N-dealkylation sites (tertiary alicyclic amines) is 1.